The van der Waals surface area contributed by atoms with Crippen molar-refractivity contribution in [3.63, 3.8) is 0 Å². The lowest BCUT2D eigenvalue weighted by Gasteiger charge is -2.47. The van der Waals surface area contributed by atoms with Crippen LogP contribution in [0.4, 0.5) is 0 Å². The molecule has 1 aliphatic rings. The molecule has 0 spiro atoms. The Hall–Kier alpha value is -0.505. The Bertz CT molecular complexity index is 272. The standard InChI is InChI=1S/C14H25BO3/c1-3-13(2,18-12(17)11-16)14(15)9-7-5-4-6-8-10-14/h16H,3-11H2,1-2H3. The van der Waals surface area contributed by atoms with Gasteiger partial charge in [0, 0.05) is 0 Å². The molecule has 0 amide bonds. The highest BCUT2D eigenvalue weighted by atomic mass is 16.6. The van der Waals surface area contributed by atoms with Crippen molar-refractivity contribution in [3.8, 4) is 0 Å². The van der Waals surface area contributed by atoms with Crippen molar-refractivity contribution < 1.29 is 14.6 Å². The molecule has 0 bridgehead atoms. The number of aliphatic hydroxyl groups excluding tert-OH is 1. The van der Waals surface area contributed by atoms with Crippen LogP contribution in [0.5, 0.6) is 0 Å². The average Bonchev–Trinajstić information content (AvgIpc) is 2.33. The molecule has 0 aliphatic heterocycles. The number of esters is 1. The number of rotatable bonds is 4. The Morgan fingerprint density at radius 1 is 1.28 bits per heavy atom. The van der Waals surface area contributed by atoms with Gasteiger partial charge in [-0.15, -0.1) is 0 Å². The van der Waals surface area contributed by atoms with Crippen LogP contribution in [0.1, 0.15) is 65.2 Å². The van der Waals surface area contributed by atoms with Gasteiger partial charge in [0.05, 0.1) is 7.85 Å². The van der Waals surface area contributed by atoms with Gasteiger partial charge in [-0.25, -0.2) is 4.79 Å². The lowest BCUT2D eigenvalue weighted by atomic mass is 9.52. The molecule has 102 valence electrons. The van der Waals surface area contributed by atoms with E-state index in [4.69, 9.17) is 17.7 Å². The number of hydrogen-bond donors (Lipinski definition) is 1. The zero-order valence-corrected chi connectivity index (χ0v) is 11.7. The van der Waals surface area contributed by atoms with Gasteiger partial charge in [0.1, 0.15) is 12.2 Å². The molecular formula is C14H25BO3. The van der Waals surface area contributed by atoms with E-state index >= 15 is 0 Å². The zero-order chi connectivity index (χ0) is 13.6. The minimum atomic E-state index is -0.676. The van der Waals surface area contributed by atoms with E-state index in [1.807, 2.05) is 13.8 Å². The van der Waals surface area contributed by atoms with Crippen LogP contribution in [0.3, 0.4) is 0 Å². The van der Waals surface area contributed by atoms with Crippen LogP contribution in [-0.2, 0) is 9.53 Å². The predicted molar refractivity (Wildman–Crippen MR) is 72.6 cm³/mol. The molecule has 0 aromatic heterocycles. The van der Waals surface area contributed by atoms with Gasteiger partial charge in [-0.05, 0) is 18.7 Å². The number of carbonyl (C=O) groups is 1. The predicted octanol–water partition coefficient (Wildman–Crippen LogP) is 2.76. The highest BCUT2D eigenvalue weighted by molar-refractivity contribution is 6.16. The van der Waals surface area contributed by atoms with E-state index in [2.05, 4.69) is 0 Å². The average molecular weight is 252 g/mol. The molecule has 1 N–H and O–H groups in total. The zero-order valence-electron chi connectivity index (χ0n) is 11.7. The maximum atomic E-state index is 11.4. The fraction of sp³-hybridized carbons (Fsp3) is 0.929. The first-order valence-electron chi connectivity index (χ1n) is 7.09. The van der Waals surface area contributed by atoms with Crippen molar-refractivity contribution in [1.82, 2.24) is 0 Å². The van der Waals surface area contributed by atoms with Crippen LogP contribution >= 0.6 is 0 Å². The summed E-state index contributed by atoms with van der Waals surface area (Å²) < 4.78 is 5.46. The summed E-state index contributed by atoms with van der Waals surface area (Å²) in [5, 5.41) is 8.40. The molecule has 1 fully saturated rings. The van der Waals surface area contributed by atoms with Gasteiger partial charge in [0.15, 0.2) is 0 Å². The number of ether oxygens (including phenoxy) is 1. The second kappa shape index (κ2) is 6.60. The third-order valence-corrected chi connectivity index (χ3v) is 4.44. The van der Waals surface area contributed by atoms with E-state index in [-0.39, 0.29) is 0 Å². The molecule has 0 aromatic carbocycles. The maximum absolute atomic E-state index is 11.4. The van der Waals surface area contributed by atoms with Gasteiger partial charge < -0.3 is 9.84 Å². The maximum Gasteiger partial charge on any atom is 0.332 e. The SMILES string of the molecule is [B]C1(C(C)(CC)OC(=O)CO)CCCCCCC1. The van der Waals surface area contributed by atoms with Gasteiger partial charge >= 0.3 is 5.97 Å². The Kier molecular flexibility index (Phi) is 5.70. The smallest absolute Gasteiger partial charge is 0.332 e. The van der Waals surface area contributed by atoms with Gasteiger partial charge in [0.25, 0.3) is 0 Å². The molecule has 3 nitrogen and oxygen atoms in total. The van der Waals surface area contributed by atoms with E-state index in [0.717, 1.165) is 25.7 Å². The molecule has 4 heteroatoms. The molecule has 1 atom stereocenters. The molecule has 0 heterocycles. The second-order valence-electron chi connectivity index (χ2n) is 5.64. The van der Waals surface area contributed by atoms with Crippen LogP contribution in [0, 0.1) is 0 Å². The van der Waals surface area contributed by atoms with E-state index in [1.54, 1.807) is 0 Å². The van der Waals surface area contributed by atoms with Crippen LogP contribution in [-0.4, -0.2) is 31.1 Å². The molecule has 1 aliphatic carbocycles. The summed E-state index contributed by atoms with van der Waals surface area (Å²) in [6, 6.07) is 0. The third kappa shape index (κ3) is 3.50. The topological polar surface area (TPSA) is 46.5 Å². The van der Waals surface area contributed by atoms with Crippen molar-refractivity contribution in [3.05, 3.63) is 0 Å². The molecule has 1 unspecified atom stereocenters. The summed E-state index contributed by atoms with van der Waals surface area (Å²) >= 11 is 0. The van der Waals surface area contributed by atoms with Crippen molar-refractivity contribution >= 4 is 13.8 Å². The van der Waals surface area contributed by atoms with Crippen LogP contribution < -0.4 is 0 Å². The minimum absolute atomic E-state index is 0.465. The summed E-state index contributed by atoms with van der Waals surface area (Å²) in [7, 11) is 6.56. The lowest BCUT2D eigenvalue weighted by Crippen LogP contribution is -2.45. The van der Waals surface area contributed by atoms with Crippen molar-refractivity contribution in [2.24, 2.45) is 0 Å². The minimum Gasteiger partial charge on any atom is -0.458 e. The quantitative estimate of drug-likeness (QED) is 0.618. The second-order valence-corrected chi connectivity index (χ2v) is 5.64. The Morgan fingerprint density at radius 2 is 1.78 bits per heavy atom. The normalized spacial score (nSPS) is 23.5. The molecule has 0 aromatic rings. The molecule has 0 saturated heterocycles. The molecule has 18 heavy (non-hydrogen) atoms. The molecule has 2 radical (unpaired) electrons. The largest absolute Gasteiger partial charge is 0.458 e. The first kappa shape index (κ1) is 15.6. The fourth-order valence-corrected chi connectivity index (χ4v) is 2.87. The number of aliphatic hydroxyl groups is 1. The summed E-state index contributed by atoms with van der Waals surface area (Å²) in [6.07, 6.45) is 8.29. The van der Waals surface area contributed by atoms with E-state index in [0.29, 0.717) is 6.42 Å². The van der Waals surface area contributed by atoms with Gasteiger partial charge in [-0.2, -0.15) is 0 Å². The van der Waals surface area contributed by atoms with Gasteiger partial charge in [-0.3, -0.25) is 0 Å². The van der Waals surface area contributed by atoms with E-state index in [9.17, 15) is 4.79 Å². The summed E-state index contributed by atoms with van der Waals surface area (Å²) in [5.74, 6) is -0.578. The fourth-order valence-electron chi connectivity index (χ4n) is 2.87. The number of carbonyl (C=O) groups excluding carboxylic acids is 1. The lowest BCUT2D eigenvalue weighted by molar-refractivity contribution is -0.167. The first-order valence-corrected chi connectivity index (χ1v) is 7.09. The summed E-state index contributed by atoms with van der Waals surface area (Å²) in [6.45, 7) is 3.31. The highest BCUT2D eigenvalue weighted by Crippen LogP contribution is 2.50. The van der Waals surface area contributed by atoms with E-state index in [1.165, 1.54) is 19.3 Å². The van der Waals surface area contributed by atoms with Crippen LogP contribution in [0.2, 0.25) is 5.31 Å². The molecule has 1 rings (SSSR count). The Labute approximate surface area is 112 Å². The van der Waals surface area contributed by atoms with E-state index < -0.39 is 23.5 Å². The molecule has 1 saturated carbocycles. The Balaban J connectivity index is 2.83. The van der Waals surface area contributed by atoms with Crippen molar-refractivity contribution in [2.45, 2.75) is 76.1 Å². The summed E-state index contributed by atoms with van der Waals surface area (Å²) in [5.41, 5.74) is -0.676. The van der Waals surface area contributed by atoms with Crippen molar-refractivity contribution in [2.75, 3.05) is 6.61 Å². The Morgan fingerprint density at radius 3 is 2.22 bits per heavy atom. The first-order chi connectivity index (χ1) is 8.47. The third-order valence-electron chi connectivity index (χ3n) is 4.44. The highest BCUT2D eigenvalue weighted by Gasteiger charge is 2.45. The van der Waals surface area contributed by atoms with Crippen LogP contribution in [0.25, 0.3) is 0 Å². The van der Waals surface area contributed by atoms with Crippen molar-refractivity contribution in [1.29, 1.82) is 0 Å². The monoisotopic (exact) mass is 252 g/mol. The van der Waals surface area contributed by atoms with Gasteiger partial charge in [-0.1, -0.05) is 51.9 Å². The molecular weight excluding hydrogens is 227 g/mol. The number of hydrogen-bond acceptors (Lipinski definition) is 3. The summed E-state index contributed by atoms with van der Waals surface area (Å²) in [4.78, 5) is 11.4. The van der Waals surface area contributed by atoms with Gasteiger partial charge in [0.2, 0.25) is 0 Å². The van der Waals surface area contributed by atoms with Crippen LogP contribution in [0.15, 0.2) is 0 Å².